The first kappa shape index (κ1) is 25.6. The Morgan fingerprint density at radius 1 is 0.968 bits per heavy atom. The Morgan fingerprint density at radius 3 is 2.23 bits per heavy atom. The van der Waals surface area contributed by atoms with Crippen molar-refractivity contribution in [3.8, 4) is 0 Å². The summed E-state index contributed by atoms with van der Waals surface area (Å²) in [7, 11) is 3.85. The number of guanidine groups is 1. The molecule has 1 aliphatic heterocycles. The maximum atomic E-state index is 4.66. The Hall–Kier alpha value is -1.61. The Morgan fingerprint density at radius 2 is 1.61 bits per heavy atom. The summed E-state index contributed by atoms with van der Waals surface area (Å²) in [6, 6.07) is 8.98. The van der Waals surface area contributed by atoms with Crippen molar-refractivity contribution in [1.82, 2.24) is 25.3 Å². The highest BCUT2D eigenvalue weighted by Crippen LogP contribution is 2.15. The van der Waals surface area contributed by atoms with E-state index < -0.39 is 0 Å². The molecule has 1 saturated heterocycles. The maximum Gasteiger partial charge on any atom is 0.191 e. The summed E-state index contributed by atoms with van der Waals surface area (Å²) in [6.07, 6.45) is 5.99. The number of hydrogen-bond donors (Lipinski definition) is 2. The van der Waals surface area contributed by atoms with Gasteiger partial charge in [-0.1, -0.05) is 44.5 Å². The monoisotopic (exact) mass is 538 g/mol. The average molecular weight is 539 g/mol. The minimum Gasteiger partial charge on any atom is -0.352 e. The third kappa shape index (κ3) is 7.20. The van der Waals surface area contributed by atoms with Gasteiger partial charge in [0, 0.05) is 45.0 Å². The third-order valence-corrected chi connectivity index (χ3v) is 6.02. The zero-order chi connectivity index (χ0) is 21.3. The second kappa shape index (κ2) is 13.1. The van der Waals surface area contributed by atoms with Crippen molar-refractivity contribution < 1.29 is 0 Å². The molecular weight excluding hydrogens is 499 g/mol. The van der Waals surface area contributed by atoms with E-state index in [4.69, 9.17) is 0 Å². The summed E-state index contributed by atoms with van der Waals surface area (Å²) in [6.45, 7) is 9.40. The fourth-order valence-corrected chi connectivity index (χ4v) is 4.31. The summed E-state index contributed by atoms with van der Waals surface area (Å²) in [4.78, 5) is 6.96. The lowest BCUT2D eigenvalue weighted by Gasteiger charge is -2.26. The molecule has 0 aliphatic carbocycles. The molecule has 0 unspecified atom stereocenters. The number of halogens is 1. The summed E-state index contributed by atoms with van der Waals surface area (Å²) in [5.41, 5.74) is 6.43. The SMILES string of the molecule is CCc1nn(C)c(CC)c1CNC(=NC)NCc1ccc(CN2CCCCC2)cc1.I. The van der Waals surface area contributed by atoms with E-state index in [1.165, 1.54) is 60.4 Å². The molecular formula is C24H39IN6. The molecule has 0 bridgehead atoms. The zero-order valence-corrected chi connectivity index (χ0v) is 21.9. The predicted molar refractivity (Wildman–Crippen MR) is 140 cm³/mol. The molecule has 2 aromatic rings. The van der Waals surface area contributed by atoms with Gasteiger partial charge in [0.25, 0.3) is 0 Å². The molecule has 31 heavy (non-hydrogen) atoms. The Kier molecular flexibility index (Phi) is 10.8. The number of nitrogens with zero attached hydrogens (tertiary/aromatic N) is 4. The van der Waals surface area contributed by atoms with E-state index in [1.54, 1.807) is 0 Å². The molecule has 1 aromatic carbocycles. The Balaban J connectivity index is 0.00000341. The van der Waals surface area contributed by atoms with Crippen molar-refractivity contribution >= 4 is 29.9 Å². The zero-order valence-electron chi connectivity index (χ0n) is 19.6. The highest BCUT2D eigenvalue weighted by Gasteiger charge is 2.14. The first-order valence-electron chi connectivity index (χ1n) is 11.4. The number of rotatable bonds is 8. The number of aliphatic imine (C=N–C) groups is 1. The van der Waals surface area contributed by atoms with Gasteiger partial charge in [-0.05, 0) is 49.9 Å². The van der Waals surface area contributed by atoms with Crippen molar-refractivity contribution in [3.05, 3.63) is 52.3 Å². The van der Waals surface area contributed by atoms with E-state index in [0.717, 1.165) is 38.4 Å². The van der Waals surface area contributed by atoms with Gasteiger partial charge in [-0.25, -0.2) is 0 Å². The average Bonchev–Trinajstić information content (AvgIpc) is 3.10. The van der Waals surface area contributed by atoms with Gasteiger partial charge in [-0.2, -0.15) is 5.10 Å². The Bertz CT molecular complexity index is 821. The predicted octanol–water partition coefficient (Wildman–Crippen LogP) is 4.01. The fraction of sp³-hybridized carbons (Fsp3) is 0.583. The van der Waals surface area contributed by atoms with Crippen LogP contribution < -0.4 is 10.6 Å². The van der Waals surface area contributed by atoms with Crippen LogP contribution in [0, 0.1) is 0 Å². The number of likely N-dealkylation sites (tertiary alicyclic amines) is 1. The van der Waals surface area contributed by atoms with Crippen molar-refractivity contribution in [2.75, 3.05) is 20.1 Å². The number of aromatic nitrogens is 2. The van der Waals surface area contributed by atoms with Crippen LogP contribution in [0.1, 0.15) is 61.2 Å². The number of piperidine rings is 1. The molecule has 1 aromatic heterocycles. The van der Waals surface area contributed by atoms with Gasteiger partial charge in [0.2, 0.25) is 0 Å². The van der Waals surface area contributed by atoms with Gasteiger partial charge < -0.3 is 10.6 Å². The van der Waals surface area contributed by atoms with Crippen LogP contribution in [0.5, 0.6) is 0 Å². The summed E-state index contributed by atoms with van der Waals surface area (Å²) >= 11 is 0. The summed E-state index contributed by atoms with van der Waals surface area (Å²) < 4.78 is 2.01. The highest BCUT2D eigenvalue weighted by molar-refractivity contribution is 14.0. The van der Waals surface area contributed by atoms with Crippen LogP contribution in [0.25, 0.3) is 0 Å². The molecule has 0 spiro atoms. The molecule has 1 aliphatic rings. The first-order valence-corrected chi connectivity index (χ1v) is 11.4. The molecule has 2 N–H and O–H groups in total. The lowest BCUT2D eigenvalue weighted by atomic mass is 10.1. The quantitative estimate of drug-likeness (QED) is 0.303. The summed E-state index contributed by atoms with van der Waals surface area (Å²) in [5, 5.41) is 11.6. The largest absolute Gasteiger partial charge is 0.352 e. The van der Waals surface area contributed by atoms with Crippen LogP contribution in [0.2, 0.25) is 0 Å². The van der Waals surface area contributed by atoms with E-state index in [1.807, 2.05) is 18.8 Å². The second-order valence-electron chi connectivity index (χ2n) is 8.14. The summed E-state index contributed by atoms with van der Waals surface area (Å²) in [5.74, 6) is 0.820. The lowest BCUT2D eigenvalue weighted by molar-refractivity contribution is 0.221. The van der Waals surface area contributed by atoms with Crippen molar-refractivity contribution in [2.24, 2.45) is 12.0 Å². The minimum atomic E-state index is 0. The van der Waals surface area contributed by atoms with Gasteiger partial charge in [-0.3, -0.25) is 14.6 Å². The first-order chi connectivity index (χ1) is 14.6. The normalized spacial score (nSPS) is 14.9. The maximum absolute atomic E-state index is 4.66. The van der Waals surface area contributed by atoms with Gasteiger partial charge in [-0.15, -0.1) is 24.0 Å². The fourth-order valence-electron chi connectivity index (χ4n) is 4.31. The molecule has 0 saturated carbocycles. The van der Waals surface area contributed by atoms with Gasteiger partial charge in [0.1, 0.15) is 0 Å². The smallest absolute Gasteiger partial charge is 0.191 e. The molecule has 172 valence electrons. The molecule has 6 nitrogen and oxygen atoms in total. The molecule has 0 amide bonds. The van der Waals surface area contributed by atoms with E-state index >= 15 is 0 Å². The molecule has 0 atom stereocenters. The second-order valence-corrected chi connectivity index (χ2v) is 8.14. The van der Waals surface area contributed by atoms with E-state index in [2.05, 4.69) is 63.7 Å². The molecule has 3 rings (SSSR count). The van der Waals surface area contributed by atoms with Crippen molar-refractivity contribution in [1.29, 1.82) is 0 Å². The van der Waals surface area contributed by atoms with Crippen LogP contribution in [-0.4, -0.2) is 40.8 Å². The minimum absolute atomic E-state index is 0. The van der Waals surface area contributed by atoms with E-state index in [9.17, 15) is 0 Å². The van der Waals surface area contributed by atoms with E-state index in [0.29, 0.717) is 0 Å². The number of benzene rings is 1. The third-order valence-electron chi connectivity index (χ3n) is 6.02. The molecule has 2 heterocycles. The van der Waals surface area contributed by atoms with Crippen LogP contribution in [-0.2, 0) is 39.5 Å². The van der Waals surface area contributed by atoms with Crippen LogP contribution >= 0.6 is 24.0 Å². The van der Waals surface area contributed by atoms with Crippen LogP contribution in [0.15, 0.2) is 29.3 Å². The van der Waals surface area contributed by atoms with Gasteiger partial charge in [0.15, 0.2) is 5.96 Å². The van der Waals surface area contributed by atoms with Crippen molar-refractivity contribution in [2.45, 2.75) is 65.6 Å². The standard InChI is InChI=1S/C24H38N6.HI/c1-5-22-21(23(6-2)29(4)28-22)17-27-24(25-3)26-16-19-10-12-20(13-11-19)18-30-14-8-7-9-15-30;/h10-13H,5-9,14-18H2,1-4H3,(H2,25,26,27);1H. The number of nitrogens with one attached hydrogen (secondary N) is 2. The molecule has 0 radical (unpaired) electrons. The van der Waals surface area contributed by atoms with Crippen LogP contribution in [0.3, 0.4) is 0 Å². The molecule has 1 fully saturated rings. The number of aryl methyl sites for hydroxylation is 2. The molecule has 7 heteroatoms. The topological polar surface area (TPSA) is 57.5 Å². The van der Waals surface area contributed by atoms with E-state index in [-0.39, 0.29) is 24.0 Å². The number of hydrogen-bond acceptors (Lipinski definition) is 3. The highest BCUT2D eigenvalue weighted by atomic mass is 127. The van der Waals surface area contributed by atoms with Gasteiger partial charge in [0.05, 0.1) is 5.69 Å². The lowest BCUT2D eigenvalue weighted by Crippen LogP contribution is -2.36. The van der Waals surface area contributed by atoms with Crippen LogP contribution in [0.4, 0.5) is 0 Å². The van der Waals surface area contributed by atoms with Gasteiger partial charge >= 0.3 is 0 Å². The Labute approximate surface area is 204 Å². The van der Waals surface area contributed by atoms with Crippen molar-refractivity contribution in [3.63, 3.8) is 0 Å².